The molecule has 1 aromatic heterocycles. The van der Waals surface area contributed by atoms with E-state index in [9.17, 15) is 4.39 Å². The molecule has 1 fully saturated rings. The van der Waals surface area contributed by atoms with Crippen molar-refractivity contribution in [2.24, 2.45) is 0 Å². The molecule has 3 nitrogen and oxygen atoms in total. The lowest BCUT2D eigenvalue weighted by Gasteiger charge is -2.32. The highest BCUT2D eigenvalue weighted by Gasteiger charge is 2.52. The van der Waals surface area contributed by atoms with E-state index in [-0.39, 0.29) is 5.15 Å². The van der Waals surface area contributed by atoms with Gasteiger partial charge in [-0.3, -0.25) is 0 Å². The van der Waals surface area contributed by atoms with Crippen molar-refractivity contribution in [2.75, 3.05) is 5.75 Å². The zero-order valence-corrected chi connectivity index (χ0v) is 14.1. The Balaban J connectivity index is 2.33. The van der Waals surface area contributed by atoms with Gasteiger partial charge in [-0.05, 0) is 39.2 Å². The Bertz CT molecular complexity index is 564. The van der Waals surface area contributed by atoms with Crippen LogP contribution in [0.15, 0.2) is 17.7 Å². The maximum atomic E-state index is 13.9. The predicted molar refractivity (Wildman–Crippen MR) is 87.1 cm³/mol. The molecule has 2 rings (SSSR count). The van der Waals surface area contributed by atoms with Crippen molar-refractivity contribution in [3.05, 3.63) is 34.3 Å². The molecule has 0 amide bonds. The summed E-state index contributed by atoms with van der Waals surface area (Å²) in [6.07, 6.45) is 3.11. The second-order valence-corrected chi connectivity index (χ2v) is 6.64. The average Bonchev–Trinajstić information content (AvgIpc) is 2.60. The van der Waals surface area contributed by atoms with Gasteiger partial charge >= 0.3 is 7.12 Å². The second kappa shape index (κ2) is 5.91. The van der Waals surface area contributed by atoms with Gasteiger partial charge in [0.15, 0.2) is 11.0 Å². The molecular formula is C14H18BClFNO2S. The van der Waals surface area contributed by atoms with Crippen molar-refractivity contribution in [2.45, 2.75) is 38.9 Å². The number of hydrogen-bond donors (Lipinski definition) is 1. The molecule has 0 aromatic carbocycles. The highest BCUT2D eigenvalue weighted by Crippen LogP contribution is 2.39. The molecule has 1 aliphatic heterocycles. The van der Waals surface area contributed by atoms with Gasteiger partial charge in [0.05, 0.1) is 11.2 Å². The smallest absolute Gasteiger partial charge is 0.400 e. The van der Waals surface area contributed by atoms with Crippen LogP contribution in [-0.4, -0.2) is 29.1 Å². The largest absolute Gasteiger partial charge is 0.491 e. The minimum absolute atomic E-state index is 0.156. The summed E-state index contributed by atoms with van der Waals surface area (Å²) in [5.74, 6) is -0.175. The van der Waals surface area contributed by atoms with Gasteiger partial charge in [-0.2, -0.15) is 12.6 Å². The van der Waals surface area contributed by atoms with E-state index in [0.717, 1.165) is 5.47 Å². The molecule has 0 N–H and O–H groups in total. The number of pyridine rings is 1. The summed E-state index contributed by atoms with van der Waals surface area (Å²) >= 11 is 9.99. The van der Waals surface area contributed by atoms with Crippen molar-refractivity contribution in [1.82, 2.24) is 4.98 Å². The van der Waals surface area contributed by atoms with Crippen molar-refractivity contribution in [3.63, 3.8) is 0 Å². The highest BCUT2D eigenvalue weighted by atomic mass is 35.5. The van der Waals surface area contributed by atoms with E-state index in [1.807, 2.05) is 27.7 Å². The Hall–Kier alpha value is -0.555. The number of thiol groups is 1. The summed E-state index contributed by atoms with van der Waals surface area (Å²) in [4.78, 5) is 3.70. The first-order valence-corrected chi connectivity index (χ1v) is 7.66. The molecular weight excluding hydrogens is 311 g/mol. The van der Waals surface area contributed by atoms with Gasteiger partial charge in [0.25, 0.3) is 0 Å². The Kier molecular flexibility index (Phi) is 4.73. The van der Waals surface area contributed by atoms with E-state index in [4.69, 9.17) is 20.9 Å². The molecule has 1 aliphatic rings. The Morgan fingerprint density at radius 3 is 2.48 bits per heavy atom. The van der Waals surface area contributed by atoms with Gasteiger partial charge in [0.1, 0.15) is 0 Å². The lowest BCUT2D eigenvalue weighted by atomic mass is 9.78. The summed E-state index contributed by atoms with van der Waals surface area (Å²) < 4.78 is 25.8. The van der Waals surface area contributed by atoms with Crippen LogP contribution in [0.2, 0.25) is 5.15 Å². The van der Waals surface area contributed by atoms with Gasteiger partial charge in [-0.15, -0.1) is 0 Å². The highest BCUT2D eigenvalue weighted by molar-refractivity contribution is 7.80. The first kappa shape index (κ1) is 16.8. The number of rotatable bonds is 3. The molecule has 0 unspecified atom stereocenters. The fourth-order valence-corrected chi connectivity index (χ4v) is 2.33. The fourth-order valence-electron chi connectivity index (χ4n) is 1.93. The predicted octanol–water partition coefficient (Wildman–Crippen LogP) is 3.82. The van der Waals surface area contributed by atoms with Crippen molar-refractivity contribution >= 4 is 37.4 Å². The summed E-state index contributed by atoms with van der Waals surface area (Å²) in [5.41, 5.74) is 0.175. The van der Waals surface area contributed by atoms with Crippen LogP contribution in [0.25, 0.3) is 6.08 Å². The Labute approximate surface area is 135 Å². The van der Waals surface area contributed by atoms with Gasteiger partial charge in [-0.1, -0.05) is 17.7 Å². The second-order valence-electron chi connectivity index (χ2n) is 5.97. The van der Waals surface area contributed by atoms with Crippen LogP contribution < -0.4 is 0 Å². The van der Waals surface area contributed by atoms with Crippen molar-refractivity contribution in [1.29, 1.82) is 0 Å². The Morgan fingerprint density at radius 2 is 1.95 bits per heavy atom. The molecule has 1 saturated heterocycles. The maximum absolute atomic E-state index is 13.9. The van der Waals surface area contributed by atoms with Crippen LogP contribution in [0, 0.1) is 5.82 Å². The van der Waals surface area contributed by atoms with Crippen LogP contribution in [-0.2, 0) is 9.31 Å². The summed E-state index contributed by atoms with van der Waals surface area (Å²) in [7, 11) is -0.557. The van der Waals surface area contributed by atoms with E-state index in [2.05, 4.69) is 17.6 Å². The third-order valence-electron chi connectivity index (χ3n) is 3.96. The standard InChI is InChI=1S/C14H18BClFNO2S/c1-13(2)14(3,4)20-15(19-13)10(8-21)7-9-5-6-18-12(16)11(9)17/h5-7,21H,8H2,1-4H3. The summed E-state index contributed by atoms with van der Waals surface area (Å²) in [6, 6.07) is 1.55. The minimum Gasteiger partial charge on any atom is -0.400 e. The number of nitrogens with zero attached hydrogens (tertiary/aromatic N) is 1. The monoisotopic (exact) mass is 329 g/mol. The Morgan fingerprint density at radius 1 is 1.38 bits per heavy atom. The van der Waals surface area contributed by atoms with Gasteiger partial charge in [0.2, 0.25) is 0 Å². The van der Waals surface area contributed by atoms with E-state index < -0.39 is 24.1 Å². The van der Waals surface area contributed by atoms with E-state index >= 15 is 0 Å². The lowest BCUT2D eigenvalue weighted by Crippen LogP contribution is -2.41. The average molecular weight is 330 g/mol. The fraction of sp³-hybridized carbons (Fsp3) is 0.500. The maximum Gasteiger partial charge on any atom is 0.491 e. The van der Waals surface area contributed by atoms with Crippen LogP contribution in [0.1, 0.15) is 33.3 Å². The molecule has 0 saturated carbocycles. The molecule has 0 bridgehead atoms. The van der Waals surface area contributed by atoms with Crippen LogP contribution >= 0.6 is 24.2 Å². The molecule has 2 heterocycles. The van der Waals surface area contributed by atoms with E-state index in [1.54, 1.807) is 12.1 Å². The number of halogens is 2. The molecule has 21 heavy (non-hydrogen) atoms. The zero-order chi connectivity index (χ0) is 15.8. The van der Waals surface area contributed by atoms with Crippen LogP contribution in [0.5, 0.6) is 0 Å². The quantitative estimate of drug-likeness (QED) is 0.520. The SMILES string of the molecule is CC1(C)OB(C(=Cc2ccnc(Cl)c2F)CS)OC1(C)C. The molecule has 1 aromatic rings. The minimum atomic E-state index is -0.560. The van der Waals surface area contributed by atoms with Crippen LogP contribution in [0.3, 0.4) is 0 Å². The topological polar surface area (TPSA) is 31.4 Å². The molecule has 0 atom stereocenters. The third-order valence-corrected chi connectivity index (χ3v) is 4.58. The van der Waals surface area contributed by atoms with E-state index in [0.29, 0.717) is 11.3 Å². The van der Waals surface area contributed by atoms with Crippen molar-refractivity contribution < 1.29 is 13.7 Å². The molecule has 0 radical (unpaired) electrons. The molecule has 114 valence electrons. The number of hydrogen-bond acceptors (Lipinski definition) is 4. The van der Waals surface area contributed by atoms with Gasteiger partial charge in [-0.25, -0.2) is 9.37 Å². The summed E-state index contributed by atoms with van der Waals surface area (Å²) in [6.45, 7) is 7.86. The normalized spacial score (nSPS) is 20.9. The van der Waals surface area contributed by atoms with Crippen molar-refractivity contribution in [3.8, 4) is 0 Å². The molecule has 0 aliphatic carbocycles. The van der Waals surface area contributed by atoms with Gasteiger partial charge < -0.3 is 9.31 Å². The molecule has 0 spiro atoms. The summed E-state index contributed by atoms with van der Waals surface area (Å²) in [5, 5.41) is -0.156. The zero-order valence-electron chi connectivity index (χ0n) is 12.5. The lowest BCUT2D eigenvalue weighted by molar-refractivity contribution is 0.00578. The van der Waals surface area contributed by atoms with Crippen LogP contribution in [0.4, 0.5) is 4.39 Å². The molecule has 7 heteroatoms. The third kappa shape index (κ3) is 3.28. The van der Waals surface area contributed by atoms with Gasteiger partial charge in [0, 0.05) is 17.5 Å². The first-order valence-electron chi connectivity index (χ1n) is 6.65. The van der Waals surface area contributed by atoms with E-state index in [1.165, 1.54) is 6.20 Å². The number of aromatic nitrogens is 1. The first-order chi connectivity index (χ1) is 9.68.